The van der Waals surface area contributed by atoms with Crippen molar-refractivity contribution in [3.8, 4) is 10.4 Å². The highest BCUT2D eigenvalue weighted by atomic mass is 32.2. The first-order valence-electron chi connectivity index (χ1n) is 9.92. The number of thiophene rings is 1. The Morgan fingerprint density at radius 3 is 2.38 bits per heavy atom. The number of likely N-dealkylation sites (N-methyl/N-ethyl adjacent to an activating group) is 1. The third kappa shape index (κ3) is 5.43. The molecular weight excluding hydrogens is 411 g/mol. The lowest BCUT2D eigenvalue weighted by Crippen LogP contribution is -2.45. The van der Waals surface area contributed by atoms with E-state index in [1.807, 2.05) is 6.07 Å². The fourth-order valence-electron chi connectivity index (χ4n) is 3.62. The quantitative estimate of drug-likeness (QED) is 0.633. The first-order chi connectivity index (χ1) is 13.8. The zero-order valence-electron chi connectivity index (χ0n) is 16.8. The van der Waals surface area contributed by atoms with Crippen molar-refractivity contribution in [2.45, 2.75) is 26.3 Å². The lowest BCUT2D eigenvalue weighted by atomic mass is 10.2. The van der Waals surface area contributed by atoms with Crippen LogP contribution in [0.1, 0.15) is 29.9 Å². The summed E-state index contributed by atoms with van der Waals surface area (Å²) in [5, 5.41) is 0. The van der Waals surface area contributed by atoms with E-state index < -0.39 is 9.84 Å². The maximum Gasteiger partial charge on any atom is 0.264 e. The number of halogens is 1. The van der Waals surface area contributed by atoms with Crippen molar-refractivity contribution < 1.29 is 17.6 Å². The zero-order chi connectivity index (χ0) is 21.0. The van der Waals surface area contributed by atoms with Crippen molar-refractivity contribution in [3.63, 3.8) is 0 Å². The number of carbonyl (C=O) groups excluding carboxylic acids is 1. The second-order valence-electron chi connectivity index (χ2n) is 7.25. The van der Waals surface area contributed by atoms with E-state index in [-0.39, 0.29) is 29.3 Å². The van der Waals surface area contributed by atoms with E-state index in [0.29, 0.717) is 24.4 Å². The van der Waals surface area contributed by atoms with Gasteiger partial charge in [0.25, 0.3) is 5.91 Å². The van der Waals surface area contributed by atoms with E-state index in [1.165, 1.54) is 23.5 Å². The molecule has 1 atom stereocenters. The van der Waals surface area contributed by atoms with Crippen molar-refractivity contribution in [1.29, 1.82) is 0 Å². The Bertz CT molecular complexity index is 937. The Kier molecular flexibility index (Phi) is 7.08. The molecule has 1 fully saturated rings. The molecule has 0 saturated carbocycles. The summed E-state index contributed by atoms with van der Waals surface area (Å²) in [5.41, 5.74) is 0.855. The highest BCUT2D eigenvalue weighted by molar-refractivity contribution is 7.91. The first-order valence-corrected chi connectivity index (χ1v) is 12.6. The molecule has 1 aliphatic heterocycles. The van der Waals surface area contributed by atoms with E-state index in [9.17, 15) is 17.6 Å². The molecule has 2 aromatic rings. The van der Waals surface area contributed by atoms with E-state index in [2.05, 4.69) is 18.7 Å². The first kappa shape index (κ1) is 21.9. The minimum Gasteiger partial charge on any atom is -0.333 e. The van der Waals surface area contributed by atoms with Gasteiger partial charge in [0.15, 0.2) is 9.84 Å². The van der Waals surface area contributed by atoms with Gasteiger partial charge in [-0.3, -0.25) is 4.79 Å². The highest BCUT2D eigenvalue weighted by Gasteiger charge is 2.35. The van der Waals surface area contributed by atoms with Gasteiger partial charge in [0.05, 0.1) is 16.4 Å². The summed E-state index contributed by atoms with van der Waals surface area (Å²) in [4.78, 5) is 18.7. The number of carbonyl (C=O) groups is 1. The molecule has 8 heteroatoms. The maximum absolute atomic E-state index is 13.3. The van der Waals surface area contributed by atoms with Crippen molar-refractivity contribution >= 4 is 27.1 Å². The van der Waals surface area contributed by atoms with E-state index >= 15 is 0 Å². The summed E-state index contributed by atoms with van der Waals surface area (Å²) in [5.74, 6) is -0.255. The number of amides is 1. The van der Waals surface area contributed by atoms with Crippen LogP contribution < -0.4 is 0 Å². The summed E-state index contributed by atoms with van der Waals surface area (Å²) < 4.78 is 37.2. The molecule has 1 aromatic carbocycles. The fraction of sp³-hybridized carbons (Fsp3) is 0.476. The van der Waals surface area contributed by atoms with Gasteiger partial charge in [-0.2, -0.15) is 0 Å². The zero-order valence-corrected chi connectivity index (χ0v) is 18.4. The number of hydrogen-bond acceptors (Lipinski definition) is 5. The van der Waals surface area contributed by atoms with Gasteiger partial charge in [0.1, 0.15) is 5.82 Å². The average Bonchev–Trinajstić information content (AvgIpc) is 3.32. The van der Waals surface area contributed by atoms with Crippen LogP contribution in [0.4, 0.5) is 4.39 Å². The van der Waals surface area contributed by atoms with Gasteiger partial charge < -0.3 is 9.80 Å². The summed E-state index contributed by atoms with van der Waals surface area (Å²) >= 11 is 1.36. The van der Waals surface area contributed by atoms with Crippen LogP contribution >= 0.6 is 11.3 Å². The van der Waals surface area contributed by atoms with E-state index in [0.717, 1.165) is 23.5 Å². The largest absolute Gasteiger partial charge is 0.333 e. The SMILES string of the molecule is CCN(CC)CCN(C(=O)c1ccc(-c2ccc(F)cc2)s1)C1CCS(=O)(=O)C1. The van der Waals surface area contributed by atoms with Crippen LogP contribution in [-0.2, 0) is 9.84 Å². The molecule has 0 bridgehead atoms. The summed E-state index contributed by atoms with van der Waals surface area (Å²) in [6.07, 6.45) is 0.489. The predicted molar refractivity (Wildman–Crippen MR) is 116 cm³/mol. The fourth-order valence-corrected chi connectivity index (χ4v) is 6.32. The standard InChI is InChI=1S/C21H27FN2O3S2/c1-3-23(4-2)12-13-24(18-11-14-29(26,27)15-18)21(25)20-10-9-19(28-20)16-5-7-17(22)8-6-16/h5-10,18H,3-4,11-15H2,1-2H3. The third-order valence-corrected chi connectivity index (χ3v) is 8.28. The van der Waals surface area contributed by atoms with Crippen LogP contribution in [0.25, 0.3) is 10.4 Å². The maximum atomic E-state index is 13.3. The minimum atomic E-state index is -3.09. The molecule has 1 aromatic heterocycles. The topological polar surface area (TPSA) is 57.7 Å². The van der Waals surface area contributed by atoms with Crippen molar-refractivity contribution in [3.05, 3.63) is 47.1 Å². The van der Waals surface area contributed by atoms with Crippen LogP contribution in [0, 0.1) is 5.82 Å². The lowest BCUT2D eigenvalue weighted by molar-refractivity contribution is 0.0679. The van der Waals surface area contributed by atoms with Crippen molar-refractivity contribution in [2.24, 2.45) is 0 Å². The summed E-state index contributed by atoms with van der Waals surface area (Å²) in [6.45, 7) is 7.13. The second-order valence-corrected chi connectivity index (χ2v) is 10.6. The summed E-state index contributed by atoms with van der Waals surface area (Å²) in [6, 6.07) is 9.54. The molecule has 0 aliphatic carbocycles. The number of hydrogen-bond donors (Lipinski definition) is 0. The normalized spacial score (nSPS) is 18.3. The molecule has 1 amide bonds. The highest BCUT2D eigenvalue weighted by Crippen LogP contribution is 2.30. The van der Waals surface area contributed by atoms with Crippen LogP contribution in [0.3, 0.4) is 0 Å². The molecule has 29 heavy (non-hydrogen) atoms. The number of nitrogens with zero attached hydrogens (tertiary/aromatic N) is 2. The molecular formula is C21H27FN2O3S2. The average molecular weight is 439 g/mol. The monoisotopic (exact) mass is 438 g/mol. The molecule has 1 saturated heterocycles. The van der Waals surface area contributed by atoms with Gasteiger partial charge in [-0.25, -0.2) is 12.8 Å². The number of benzene rings is 1. The van der Waals surface area contributed by atoms with Crippen LogP contribution in [0.2, 0.25) is 0 Å². The van der Waals surface area contributed by atoms with Crippen LogP contribution in [-0.4, -0.2) is 67.9 Å². The third-order valence-electron chi connectivity index (χ3n) is 5.41. The molecule has 1 aliphatic rings. The van der Waals surface area contributed by atoms with E-state index in [1.54, 1.807) is 23.1 Å². The minimum absolute atomic E-state index is 0.0349. The van der Waals surface area contributed by atoms with Gasteiger partial charge in [0.2, 0.25) is 0 Å². The van der Waals surface area contributed by atoms with Gasteiger partial charge in [-0.05, 0) is 49.3 Å². The molecule has 5 nitrogen and oxygen atoms in total. The lowest BCUT2D eigenvalue weighted by Gasteiger charge is -2.30. The molecule has 0 spiro atoms. The Hall–Kier alpha value is -1.77. The van der Waals surface area contributed by atoms with Crippen LogP contribution in [0.15, 0.2) is 36.4 Å². The second kappa shape index (κ2) is 9.36. The molecule has 0 radical (unpaired) electrons. The molecule has 0 N–H and O–H groups in total. The molecule has 3 rings (SSSR count). The molecule has 1 unspecified atom stereocenters. The number of rotatable bonds is 8. The Morgan fingerprint density at radius 1 is 1.10 bits per heavy atom. The Morgan fingerprint density at radius 2 is 1.79 bits per heavy atom. The Balaban J connectivity index is 1.81. The Labute approximate surface area is 176 Å². The van der Waals surface area contributed by atoms with Gasteiger partial charge in [0, 0.05) is 24.0 Å². The smallest absolute Gasteiger partial charge is 0.264 e. The van der Waals surface area contributed by atoms with E-state index in [4.69, 9.17) is 0 Å². The van der Waals surface area contributed by atoms with Crippen molar-refractivity contribution in [1.82, 2.24) is 9.80 Å². The van der Waals surface area contributed by atoms with Crippen LogP contribution in [0.5, 0.6) is 0 Å². The molecule has 158 valence electrons. The summed E-state index contributed by atoms with van der Waals surface area (Å²) in [7, 11) is -3.09. The van der Waals surface area contributed by atoms with Gasteiger partial charge in [-0.15, -0.1) is 11.3 Å². The number of sulfone groups is 1. The van der Waals surface area contributed by atoms with Gasteiger partial charge >= 0.3 is 0 Å². The molecule has 2 heterocycles. The van der Waals surface area contributed by atoms with Crippen molar-refractivity contribution in [2.75, 3.05) is 37.7 Å². The predicted octanol–water partition coefficient (Wildman–Crippen LogP) is 3.53. The van der Waals surface area contributed by atoms with Gasteiger partial charge in [-0.1, -0.05) is 26.0 Å².